The normalized spacial score (nSPS) is 14.9. The highest BCUT2D eigenvalue weighted by atomic mass is 16.5. The van der Waals surface area contributed by atoms with Gasteiger partial charge in [0.05, 0.1) is 6.04 Å². The molecule has 2 unspecified atom stereocenters. The minimum absolute atomic E-state index is 0.161. The summed E-state index contributed by atoms with van der Waals surface area (Å²) in [6, 6.07) is -0.629. The first-order valence-electron chi connectivity index (χ1n) is 7.31. The second-order valence-electron chi connectivity index (χ2n) is 4.72. The molecule has 0 aromatic heterocycles. The fraction of sp³-hybridized carbons (Fsp3) is 0.688. The number of ketones is 1. The first-order chi connectivity index (χ1) is 9.36. The molecule has 0 saturated heterocycles. The van der Waals surface area contributed by atoms with Gasteiger partial charge >= 0.3 is 0 Å². The standard InChI is InChI=1S/C14H25NO3.C2H6/c1-4-12(8-6-11(3)16)7-5-10(2)9-13(15)14(17)18;1-2/h4-5,7,10,13-14,17-18H,6,8-9,15H2,1-3H3;1-2H3/b7-5-,12-4+;. The Kier molecular flexibility index (Phi) is 13.9. The van der Waals surface area contributed by atoms with Crippen molar-refractivity contribution >= 4 is 5.78 Å². The molecule has 0 bridgehead atoms. The van der Waals surface area contributed by atoms with Crippen molar-refractivity contribution in [2.75, 3.05) is 0 Å². The van der Waals surface area contributed by atoms with Crippen molar-refractivity contribution in [2.24, 2.45) is 11.7 Å². The van der Waals surface area contributed by atoms with E-state index >= 15 is 0 Å². The van der Waals surface area contributed by atoms with E-state index in [9.17, 15) is 4.79 Å². The molecule has 20 heavy (non-hydrogen) atoms. The molecule has 118 valence electrons. The number of rotatable bonds is 8. The predicted molar refractivity (Wildman–Crippen MR) is 84.1 cm³/mol. The maximum Gasteiger partial charge on any atom is 0.166 e. The lowest BCUT2D eigenvalue weighted by Gasteiger charge is -2.16. The molecule has 0 fully saturated rings. The monoisotopic (exact) mass is 285 g/mol. The molecule has 0 aliphatic heterocycles. The van der Waals surface area contributed by atoms with Crippen LogP contribution in [-0.2, 0) is 4.79 Å². The van der Waals surface area contributed by atoms with Crippen LogP contribution < -0.4 is 5.73 Å². The summed E-state index contributed by atoms with van der Waals surface area (Å²) in [5.74, 6) is 0.343. The third-order valence-corrected chi connectivity index (χ3v) is 2.80. The molecule has 0 heterocycles. The van der Waals surface area contributed by atoms with Crippen LogP contribution in [0.15, 0.2) is 23.8 Å². The zero-order valence-corrected chi connectivity index (χ0v) is 13.5. The number of carbonyl (C=O) groups excluding carboxylic acids is 1. The number of hydrogen-bond donors (Lipinski definition) is 3. The summed E-state index contributed by atoms with van der Waals surface area (Å²) in [5.41, 5.74) is 6.67. The van der Waals surface area contributed by atoms with E-state index in [0.29, 0.717) is 12.8 Å². The number of hydrogen-bond acceptors (Lipinski definition) is 4. The van der Waals surface area contributed by atoms with E-state index in [2.05, 4.69) is 0 Å². The number of aliphatic hydroxyl groups is 2. The van der Waals surface area contributed by atoms with Gasteiger partial charge in [-0.25, -0.2) is 0 Å². The lowest BCUT2D eigenvalue weighted by atomic mass is 9.99. The van der Waals surface area contributed by atoms with Crippen LogP contribution in [0.3, 0.4) is 0 Å². The molecule has 0 aromatic carbocycles. The molecule has 0 radical (unpaired) electrons. The largest absolute Gasteiger partial charge is 0.367 e. The maximum absolute atomic E-state index is 10.9. The highest BCUT2D eigenvalue weighted by Crippen LogP contribution is 2.13. The van der Waals surface area contributed by atoms with E-state index in [-0.39, 0.29) is 11.7 Å². The van der Waals surface area contributed by atoms with Gasteiger partial charge in [-0.2, -0.15) is 0 Å². The summed E-state index contributed by atoms with van der Waals surface area (Å²) in [6.45, 7) is 9.49. The number of aliphatic hydroxyl groups excluding tert-OH is 1. The minimum atomic E-state index is -1.47. The molecule has 4 heteroatoms. The SMILES string of the molecule is C/C=C(\C=C/C(C)CC(N)C(O)O)CCC(C)=O.CC. The molecule has 0 aromatic rings. The molecular weight excluding hydrogens is 254 g/mol. The van der Waals surface area contributed by atoms with Gasteiger partial charge in [0.25, 0.3) is 0 Å². The third-order valence-electron chi connectivity index (χ3n) is 2.80. The second-order valence-corrected chi connectivity index (χ2v) is 4.72. The summed E-state index contributed by atoms with van der Waals surface area (Å²) >= 11 is 0. The zero-order chi connectivity index (χ0) is 16.1. The van der Waals surface area contributed by atoms with E-state index in [1.54, 1.807) is 6.92 Å². The van der Waals surface area contributed by atoms with Crippen molar-refractivity contribution in [3.05, 3.63) is 23.8 Å². The quantitative estimate of drug-likeness (QED) is 0.473. The summed E-state index contributed by atoms with van der Waals surface area (Å²) in [4.78, 5) is 10.9. The molecular formula is C16H31NO3. The lowest BCUT2D eigenvalue weighted by Crippen LogP contribution is -2.35. The Hall–Kier alpha value is -0.970. The number of carbonyl (C=O) groups is 1. The van der Waals surface area contributed by atoms with E-state index in [4.69, 9.17) is 15.9 Å². The van der Waals surface area contributed by atoms with Crippen LogP contribution in [0.25, 0.3) is 0 Å². The Morgan fingerprint density at radius 1 is 1.25 bits per heavy atom. The van der Waals surface area contributed by atoms with Gasteiger partial charge in [-0.1, -0.05) is 44.6 Å². The smallest absolute Gasteiger partial charge is 0.166 e. The Morgan fingerprint density at radius 3 is 2.20 bits per heavy atom. The number of Topliss-reactive ketones (excluding diaryl/α,β-unsaturated/α-hetero) is 1. The summed E-state index contributed by atoms with van der Waals surface area (Å²) in [5, 5.41) is 17.8. The van der Waals surface area contributed by atoms with Crippen molar-refractivity contribution in [3.8, 4) is 0 Å². The number of nitrogens with two attached hydrogens (primary N) is 1. The van der Waals surface area contributed by atoms with Crippen molar-refractivity contribution in [1.29, 1.82) is 0 Å². The molecule has 4 nitrogen and oxygen atoms in total. The second kappa shape index (κ2) is 13.0. The van der Waals surface area contributed by atoms with Gasteiger partial charge in [0.15, 0.2) is 6.29 Å². The molecule has 0 saturated carbocycles. The van der Waals surface area contributed by atoms with Crippen LogP contribution in [0.5, 0.6) is 0 Å². The van der Waals surface area contributed by atoms with Crippen molar-refractivity contribution < 1.29 is 15.0 Å². The molecule has 2 atom stereocenters. The van der Waals surface area contributed by atoms with Crippen LogP contribution in [0.2, 0.25) is 0 Å². The van der Waals surface area contributed by atoms with Gasteiger partial charge < -0.3 is 20.7 Å². The van der Waals surface area contributed by atoms with Gasteiger partial charge in [0.2, 0.25) is 0 Å². The minimum Gasteiger partial charge on any atom is -0.367 e. The zero-order valence-electron chi connectivity index (χ0n) is 13.5. The third kappa shape index (κ3) is 12.1. The molecule has 0 amide bonds. The van der Waals surface area contributed by atoms with E-state index in [1.165, 1.54) is 0 Å². The van der Waals surface area contributed by atoms with Crippen molar-refractivity contribution in [1.82, 2.24) is 0 Å². The van der Waals surface area contributed by atoms with Gasteiger partial charge in [-0.05, 0) is 32.6 Å². The van der Waals surface area contributed by atoms with Gasteiger partial charge in [0.1, 0.15) is 5.78 Å². The van der Waals surface area contributed by atoms with Crippen molar-refractivity contribution in [2.45, 2.75) is 66.2 Å². The molecule has 4 N–H and O–H groups in total. The first kappa shape index (κ1) is 21.3. The average Bonchev–Trinajstić information content (AvgIpc) is 2.40. The predicted octanol–water partition coefficient (Wildman–Crippen LogP) is 2.55. The van der Waals surface area contributed by atoms with E-state index in [1.807, 2.05) is 45.9 Å². The number of allylic oxidation sites excluding steroid dienone is 4. The topological polar surface area (TPSA) is 83.6 Å². The average molecular weight is 285 g/mol. The summed E-state index contributed by atoms with van der Waals surface area (Å²) in [6.07, 6.45) is 6.27. The van der Waals surface area contributed by atoms with Crippen LogP contribution in [-0.4, -0.2) is 28.3 Å². The fourth-order valence-electron chi connectivity index (χ4n) is 1.56. The molecule has 0 aliphatic rings. The van der Waals surface area contributed by atoms with Crippen LogP contribution in [0, 0.1) is 5.92 Å². The van der Waals surface area contributed by atoms with Crippen LogP contribution >= 0.6 is 0 Å². The van der Waals surface area contributed by atoms with E-state index < -0.39 is 12.3 Å². The molecule has 0 spiro atoms. The fourth-order valence-corrected chi connectivity index (χ4v) is 1.56. The highest BCUT2D eigenvalue weighted by Gasteiger charge is 2.13. The Bertz CT molecular complexity index is 309. The van der Waals surface area contributed by atoms with Crippen LogP contribution in [0.1, 0.15) is 53.9 Å². The Morgan fingerprint density at radius 2 is 1.80 bits per heavy atom. The molecule has 0 aliphatic carbocycles. The Labute approximate surface area is 123 Å². The van der Waals surface area contributed by atoms with E-state index in [0.717, 1.165) is 12.0 Å². The highest BCUT2D eigenvalue weighted by molar-refractivity contribution is 5.75. The first-order valence-corrected chi connectivity index (χ1v) is 7.31. The van der Waals surface area contributed by atoms with Crippen LogP contribution in [0.4, 0.5) is 0 Å². The van der Waals surface area contributed by atoms with Gasteiger partial charge in [0, 0.05) is 6.42 Å². The molecule has 0 rings (SSSR count). The van der Waals surface area contributed by atoms with Gasteiger partial charge in [-0.3, -0.25) is 0 Å². The summed E-state index contributed by atoms with van der Waals surface area (Å²) < 4.78 is 0. The van der Waals surface area contributed by atoms with Gasteiger partial charge in [-0.15, -0.1) is 0 Å². The maximum atomic E-state index is 10.9. The lowest BCUT2D eigenvalue weighted by molar-refractivity contribution is -0.116. The Balaban J connectivity index is 0. The van der Waals surface area contributed by atoms with Crippen molar-refractivity contribution in [3.63, 3.8) is 0 Å². The summed E-state index contributed by atoms with van der Waals surface area (Å²) in [7, 11) is 0.